The van der Waals surface area contributed by atoms with Gasteiger partial charge in [0.1, 0.15) is 0 Å². The molecule has 4 heteroatoms. The molecule has 0 amide bonds. The van der Waals surface area contributed by atoms with E-state index in [1.54, 1.807) is 17.0 Å². The van der Waals surface area contributed by atoms with Gasteiger partial charge in [-0.3, -0.25) is 4.79 Å². The highest BCUT2D eigenvalue weighted by atomic mass is 16.1. The van der Waals surface area contributed by atoms with Crippen molar-refractivity contribution < 1.29 is 0 Å². The van der Waals surface area contributed by atoms with Gasteiger partial charge in [-0.05, 0) is 24.0 Å². The average molecular weight is 271 g/mol. The van der Waals surface area contributed by atoms with Gasteiger partial charge in [0.05, 0.1) is 0 Å². The highest BCUT2D eigenvalue weighted by Crippen LogP contribution is 2.10. The van der Waals surface area contributed by atoms with Gasteiger partial charge >= 0.3 is 0 Å². The zero-order valence-electron chi connectivity index (χ0n) is 12.1. The maximum absolute atomic E-state index is 12.2. The lowest BCUT2D eigenvalue weighted by Crippen LogP contribution is -2.24. The SMILES string of the molecule is CCCn1ccnc(NCc2ccccc2CC)c1=O. The van der Waals surface area contributed by atoms with Crippen molar-refractivity contribution in [1.29, 1.82) is 0 Å². The van der Waals surface area contributed by atoms with Crippen LogP contribution in [0, 0.1) is 0 Å². The first-order chi connectivity index (χ1) is 9.76. The summed E-state index contributed by atoms with van der Waals surface area (Å²) in [5.41, 5.74) is 2.45. The van der Waals surface area contributed by atoms with Crippen LogP contribution in [0.5, 0.6) is 0 Å². The number of nitrogens with zero attached hydrogens (tertiary/aromatic N) is 2. The van der Waals surface area contributed by atoms with Crippen molar-refractivity contribution in [1.82, 2.24) is 9.55 Å². The van der Waals surface area contributed by atoms with Crippen molar-refractivity contribution in [2.45, 2.75) is 39.8 Å². The van der Waals surface area contributed by atoms with Gasteiger partial charge < -0.3 is 9.88 Å². The van der Waals surface area contributed by atoms with Gasteiger partial charge in [-0.2, -0.15) is 0 Å². The van der Waals surface area contributed by atoms with Crippen LogP contribution >= 0.6 is 0 Å². The summed E-state index contributed by atoms with van der Waals surface area (Å²) in [4.78, 5) is 16.3. The Labute approximate surface area is 119 Å². The van der Waals surface area contributed by atoms with Crippen LogP contribution in [0.4, 0.5) is 5.82 Å². The second-order valence-corrected chi connectivity index (χ2v) is 4.75. The highest BCUT2D eigenvalue weighted by molar-refractivity contribution is 5.35. The van der Waals surface area contributed by atoms with E-state index in [-0.39, 0.29) is 5.56 Å². The number of rotatable bonds is 6. The monoisotopic (exact) mass is 271 g/mol. The minimum absolute atomic E-state index is 0.0525. The summed E-state index contributed by atoms with van der Waals surface area (Å²) in [6.45, 7) is 5.54. The van der Waals surface area contributed by atoms with E-state index in [0.29, 0.717) is 12.4 Å². The molecule has 0 aliphatic carbocycles. The van der Waals surface area contributed by atoms with Gasteiger partial charge in [0.15, 0.2) is 5.82 Å². The Bertz CT molecular complexity index is 619. The Balaban J connectivity index is 2.15. The number of aromatic nitrogens is 2. The molecule has 0 bridgehead atoms. The molecule has 1 aromatic heterocycles. The van der Waals surface area contributed by atoms with Crippen molar-refractivity contribution in [2.24, 2.45) is 0 Å². The quantitative estimate of drug-likeness (QED) is 0.878. The van der Waals surface area contributed by atoms with Crippen LogP contribution in [0.3, 0.4) is 0 Å². The van der Waals surface area contributed by atoms with E-state index in [1.165, 1.54) is 11.1 Å². The molecule has 0 saturated carbocycles. The second-order valence-electron chi connectivity index (χ2n) is 4.75. The van der Waals surface area contributed by atoms with Gasteiger partial charge in [-0.25, -0.2) is 4.98 Å². The van der Waals surface area contributed by atoms with Crippen molar-refractivity contribution >= 4 is 5.82 Å². The molecule has 0 aliphatic heterocycles. The molecular weight excluding hydrogens is 250 g/mol. The number of aryl methyl sites for hydroxylation is 2. The molecule has 2 rings (SSSR count). The molecule has 1 heterocycles. The van der Waals surface area contributed by atoms with Crippen LogP contribution in [-0.4, -0.2) is 9.55 Å². The number of hydrogen-bond donors (Lipinski definition) is 1. The number of nitrogens with one attached hydrogen (secondary N) is 1. The van der Waals surface area contributed by atoms with Crippen LogP contribution in [0.25, 0.3) is 0 Å². The molecule has 4 nitrogen and oxygen atoms in total. The molecule has 106 valence electrons. The largest absolute Gasteiger partial charge is 0.361 e. The van der Waals surface area contributed by atoms with Crippen molar-refractivity contribution in [3.8, 4) is 0 Å². The molecule has 0 saturated heterocycles. The third-order valence-corrected chi connectivity index (χ3v) is 3.32. The molecule has 0 radical (unpaired) electrons. The maximum Gasteiger partial charge on any atom is 0.293 e. The molecule has 0 spiro atoms. The van der Waals surface area contributed by atoms with Crippen LogP contribution < -0.4 is 10.9 Å². The molecule has 0 aliphatic rings. The predicted octanol–water partition coefficient (Wildman–Crippen LogP) is 2.83. The van der Waals surface area contributed by atoms with E-state index in [0.717, 1.165) is 19.4 Å². The fraction of sp³-hybridized carbons (Fsp3) is 0.375. The van der Waals surface area contributed by atoms with Crippen molar-refractivity contribution in [2.75, 3.05) is 5.32 Å². The van der Waals surface area contributed by atoms with Crippen LogP contribution in [0.1, 0.15) is 31.4 Å². The number of anilines is 1. The summed E-state index contributed by atoms with van der Waals surface area (Å²) in [7, 11) is 0. The van der Waals surface area contributed by atoms with E-state index in [2.05, 4.69) is 36.3 Å². The fourth-order valence-electron chi connectivity index (χ4n) is 2.24. The van der Waals surface area contributed by atoms with E-state index in [9.17, 15) is 4.79 Å². The zero-order valence-corrected chi connectivity index (χ0v) is 12.1. The number of benzene rings is 1. The summed E-state index contributed by atoms with van der Waals surface area (Å²) < 4.78 is 1.70. The van der Waals surface area contributed by atoms with Crippen molar-refractivity contribution in [3.05, 3.63) is 58.1 Å². The fourth-order valence-corrected chi connectivity index (χ4v) is 2.24. The zero-order chi connectivity index (χ0) is 14.4. The highest BCUT2D eigenvalue weighted by Gasteiger charge is 2.05. The molecule has 1 aromatic carbocycles. The standard InChI is InChI=1S/C16H21N3O/c1-3-10-19-11-9-17-15(16(19)20)18-12-14-8-6-5-7-13(14)4-2/h5-9,11H,3-4,10,12H2,1-2H3,(H,17,18). The predicted molar refractivity (Wildman–Crippen MR) is 81.9 cm³/mol. The first kappa shape index (κ1) is 14.3. The minimum Gasteiger partial charge on any atom is -0.361 e. The van der Waals surface area contributed by atoms with Gasteiger partial charge in [0.2, 0.25) is 0 Å². The third-order valence-electron chi connectivity index (χ3n) is 3.32. The molecule has 2 aromatic rings. The topological polar surface area (TPSA) is 46.9 Å². The maximum atomic E-state index is 12.2. The van der Waals surface area contributed by atoms with Crippen LogP contribution in [0.2, 0.25) is 0 Å². The van der Waals surface area contributed by atoms with E-state index < -0.39 is 0 Å². The summed E-state index contributed by atoms with van der Waals surface area (Å²) in [6.07, 6.45) is 5.32. The molecule has 0 fully saturated rings. The first-order valence-electron chi connectivity index (χ1n) is 7.12. The molecule has 1 N–H and O–H groups in total. The smallest absolute Gasteiger partial charge is 0.293 e. The first-order valence-corrected chi connectivity index (χ1v) is 7.12. The van der Waals surface area contributed by atoms with Gasteiger partial charge in [0, 0.05) is 25.5 Å². The minimum atomic E-state index is -0.0525. The third kappa shape index (κ3) is 3.26. The van der Waals surface area contributed by atoms with E-state index >= 15 is 0 Å². The molecule has 0 atom stereocenters. The molecule has 0 unspecified atom stereocenters. The normalized spacial score (nSPS) is 10.5. The van der Waals surface area contributed by atoms with Crippen molar-refractivity contribution in [3.63, 3.8) is 0 Å². The summed E-state index contributed by atoms with van der Waals surface area (Å²) >= 11 is 0. The summed E-state index contributed by atoms with van der Waals surface area (Å²) in [5, 5.41) is 3.16. The van der Waals surface area contributed by atoms with Gasteiger partial charge in [-0.15, -0.1) is 0 Å². The van der Waals surface area contributed by atoms with E-state index in [1.807, 2.05) is 12.1 Å². The Morgan fingerprint density at radius 1 is 1.20 bits per heavy atom. The Hall–Kier alpha value is -2.10. The Kier molecular flexibility index (Phi) is 4.93. The molecule has 20 heavy (non-hydrogen) atoms. The van der Waals surface area contributed by atoms with Gasteiger partial charge in [0.25, 0.3) is 5.56 Å². The van der Waals surface area contributed by atoms with Crippen LogP contribution in [0.15, 0.2) is 41.5 Å². The van der Waals surface area contributed by atoms with E-state index in [4.69, 9.17) is 0 Å². The average Bonchev–Trinajstić information content (AvgIpc) is 2.48. The summed E-state index contributed by atoms with van der Waals surface area (Å²) in [6, 6.07) is 8.26. The van der Waals surface area contributed by atoms with Gasteiger partial charge in [-0.1, -0.05) is 38.1 Å². The lowest BCUT2D eigenvalue weighted by molar-refractivity contribution is 0.649. The Morgan fingerprint density at radius 2 is 1.95 bits per heavy atom. The lowest BCUT2D eigenvalue weighted by atomic mass is 10.1. The molecular formula is C16H21N3O. The lowest BCUT2D eigenvalue weighted by Gasteiger charge is -2.10. The second kappa shape index (κ2) is 6.89. The Morgan fingerprint density at radius 3 is 2.65 bits per heavy atom. The summed E-state index contributed by atoms with van der Waals surface area (Å²) in [5.74, 6) is 0.423. The van der Waals surface area contributed by atoms with Crippen LogP contribution in [-0.2, 0) is 19.5 Å². The number of hydrogen-bond acceptors (Lipinski definition) is 3.